The molecule has 1 aromatic heterocycles. The number of likely N-dealkylation sites (N-methyl/N-ethyl adjacent to an activating group) is 1. The number of urea groups is 1. The minimum absolute atomic E-state index is 0.128. The molecule has 0 radical (unpaired) electrons. The molecule has 1 fully saturated rings. The first-order valence-corrected chi connectivity index (χ1v) is 8.68. The van der Waals surface area contributed by atoms with Crippen molar-refractivity contribution in [3.05, 3.63) is 35.1 Å². The van der Waals surface area contributed by atoms with Gasteiger partial charge in [0.1, 0.15) is 0 Å². The molecule has 0 saturated carbocycles. The van der Waals surface area contributed by atoms with Crippen LogP contribution in [-0.2, 0) is 11.2 Å². The molecule has 2 heterocycles. The summed E-state index contributed by atoms with van der Waals surface area (Å²) < 4.78 is 10.7. The molecule has 134 valence electrons. The first-order chi connectivity index (χ1) is 12.1. The first-order valence-electron chi connectivity index (χ1n) is 8.31. The molecule has 7 nitrogen and oxygen atoms in total. The van der Waals surface area contributed by atoms with E-state index in [-0.39, 0.29) is 12.1 Å². The Morgan fingerprint density at radius 3 is 2.92 bits per heavy atom. The molecule has 0 unspecified atom stereocenters. The molecule has 1 aliphatic heterocycles. The number of nitrogens with zero attached hydrogens (tertiary/aromatic N) is 3. The summed E-state index contributed by atoms with van der Waals surface area (Å²) in [7, 11) is 1.74. The number of ether oxygens (including phenoxy) is 1. The van der Waals surface area contributed by atoms with Gasteiger partial charge in [-0.1, -0.05) is 16.8 Å². The summed E-state index contributed by atoms with van der Waals surface area (Å²) in [6, 6.07) is 7.06. The third-order valence-corrected chi connectivity index (χ3v) is 4.33. The Morgan fingerprint density at radius 1 is 1.40 bits per heavy atom. The Labute approximate surface area is 151 Å². The number of aromatic nitrogens is 2. The lowest BCUT2D eigenvalue weighted by molar-refractivity contribution is 0.109. The van der Waals surface area contributed by atoms with Gasteiger partial charge in [0.05, 0.1) is 6.10 Å². The van der Waals surface area contributed by atoms with E-state index in [1.165, 1.54) is 0 Å². The lowest BCUT2D eigenvalue weighted by Crippen LogP contribution is -2.41. The molecule has 2 aromatic rings. The SMILES string of the molecule is CN(CCc1noc(-c2ccc(Cl)cc2)n1)C(=O)NC[C@H]1CCCO1. The van der Waals surface area contributed by atoms with Crippen molar-refractivity contribution in [2.24, 2.45) is 0 Å². The van der Waals surface area contributed by atoms with Gasteiger partial charge in [0.15, 0.2) is 5.82 Å². The highest BCUT2D eigenvalue weighted by molar-refractivity contribution is 6.30. The Balaban J connectivity index is 1.46. The van der Waals surface area contributed by atoms with Crippen molar-refractivity contribution in [1.82, 2.24) is 20.4 Å². The van der Waals surface area contributed by atoms with Crippen LogP contribution < -0.4 is 5.32 Å². The van der Waals surface area contributed by atoms with E-state index in [0.717, 1.165) is 25.0 Å². The molecule has 2 amide bonds. The zero-order valence-electron chi connectivity index (χ0n) is 14.1. The average Bonchev–Trinajstić information content (AvgIpc) is 3.30. The van der Waals surface area contributed by atoms with Gasteiger partial charge in [0.2, 0.25) is 0 Å². The van der Waals surface area contributed by atoms with E-state index in [4.69, 9.17) is 20.9 Å². The molecule has 1 N–H and O–H groups in total. The number of nitrogens with one attached hydrogen (secondary N) is 1. The Hall–Kier alpha value is -2.12. The van der Waals surface area contributed by atoms with Crippen LogP contribution in [0.15, 0.2) is 28.8 Å². The lowest BCUT2D eigenvalue weighted by Gasteiger charge is -2.18. The van der Waals surface area contributed by atoms with Crippen molar-refractivity contribution in [2.45, 2.75) is 25.4 Å². The second-order valence-corrected chi connectivity index (χ2v) is 6.45. The van der Waals surface area contributed by atoms with Gasteiger partial charge in [-0.15, -0.1) is 0 Å². The molecule has 1 atom stereocenters. The monoisotopic (exact) mass is 364 g/mol. The Kier molecular flexibility index (Phi) is 5.88. The first kappa shape index (κ1) is 17.7. The summed E-state index contributed by atoms with van der Waals surface area (Å²) in [5.41, 5.74) is 0.811. The minimum Gasteiger partial charge on any atom is -0.376 e. The third kappa shape index (κ3) is 4.93. The number of amides is 2. The number of carbonyl (C=O) groups excluding carboxylic acids is 1. The van der Waals surface area contributed by atoms with Crippen molar-refractivity contribution < 1.29 is 14.1 Å². The maximum Gasteiger partial charge on any atom is 0.317 e. The highest BCUT2D eigenvalue weighted by Crippen LogP contribution is 2.19. The summed E-state index contributed by atoms with van der Waals surface area (Å²) in [4.78, 5) is 18.0. The van der Waals surface area contributed by atoms with Gasteiger partial charge in [0, 0.05) is 43.8 Å². The van der Waals surface area contributed by atoms with E-state index < -0.39 is 0 Å². The fraction of sp³-hybridized carbons (Fsp3) is 0.471. The summed E-state index contributed by atoms with van der Waals surface area (Å²) in [5.74, 6) is 1.00. The van der Waals surface area contributed by atoms with E-state index in [1.54, 1.807) is 24.1 Å². The molecule has 1 aliphatic rings. The van der Waals surface area contributed by atoms with Gasteiger partial charge in [-0.25, -0.2) is 4.79 Å². The second kappa shape index (κ2) is 8.31. The third-order valence-electron chi connectivity index (χ3n) is 4.08. The van der Waals surface area contributed by atoms with E-state index in [9.17, 15) is 4.79 Å². The molecule has 0 bridgehead atoms. The quantitative estimate of drug-likeness (QED) is 0.852. The predicted molar refractivity (Wildman–Crippen MR) is 93.5 cm³/mol. The summed E-state index contributed by atoms with van der Waals surface area (Å²) in [6.07, 6.45) is 2.71. The van der Waals surface area contributed by atoms with Crippen LogP contribution in [0.2, 0.25) is 5.02 Å². The molecule has 25 heavy (non-hydrogen) atoms. The zero-order valence-corrected chi connectivity index (χ0v) is 14.8. The minimum atomic E-state index is -0.128. The van der Waals surface area contributed by atoms with E-state index >= 15 is 0 Å². The van der Waals surface area contributed by atoms with Crippen molar-refractivity contribution in [3.63, 3.8) is 0 Å². The Bertz CT molecular complexity index is 698. The van der Waals surface area contributed by atoms with Gasteiger partial charge in [-0.05, 0) is 37.1 Å². The standard InChI is InChI=1S/C17H21ClN4O3/c1-22(17(23)19-11-14-3-2-10-24-14)9-8-15-20-16(25-21-15)12-4-6-13(18)7-5-12/h4-7,14H,2-3,8-11H2,1H3,(H,19,23)/t14-/m1/s1. The van der Waals surface area contributed by atoms with Crippen molar-refractivity contribution >= 4 is 17.6 Å². The zero-order chi connectivity index (χ0) is 17.6. The van der Waals surface area contributed by atoms with Gasteiger partial charge in [-0.3, -0.25) is 0 Å². The average molecular weight is 365 g/mol. The van der Waals surface area contributed by atoms with Crippen molar-refractivity contribution in [3.8, 4) is 11.5 Å². The molecule has 1 aromatic carbocycles. The van der Waals surface area contributed by atoms with Crippen molar-refractivity contribution in [2.75, 3.05) is 26.7 Å². The normalized spacial score (nSPS) is 16.8. The molecule has 0 spiro atoms. The molecule has 3 rings (SSSR count). The smallest absolute Gasteiger partial charge is 0.317 e. The van der Waals surface area contributed by atoms with Gasteiger partial charge in [0.25, 0.3) is 5.89 Å². The molecule has 8 heteroatoms. The fourth-order valence-electron chi connectivity index (χ4n) is 2.58. The second-order valence-electron chi connectivity index (χ2n) is 6.02. The largest absolute Gasteiger partial charge is 0.376 e. The number of rotatable bonds is 6. The van der Waals surface area contributed by atoms with Crippen LogP contribution in [0, 0.1) is 0 Å². The van der Waals surface area contributed by atoms with Gasteiger partial charge >= 0.3 is 6.03 Å². The summed E-state index contributed by atoms with van der Waals surface area (Å²) in [6.45, 7) is 1.83. The number of benzene rings is 1. The van der Waals surface area contributed by atoms with Crippen molar-refractivity contribution in [1.29, 1.82) is 0 Å². The summed E-state index contributed by atoms with van der Waals surface area (Å²) >= 11 is 5.87. The molecular weight excluding hydrogens is 344 g/mol. The van der Waals surface area contributed by atoms with E-state index in [1.807, 2.05) is 12.1 Å². The number of hydrogen-bond donors (Lipinski definition) is 1. The topological polar surface area (TPSA) is 80.5 Å². The van der Waals surface area contributed by atoms with E-state index in [0.29, 0.717) is 36.2 Å². The van der Waals surface area contributed by atoms with Crippen LogP contribution in [0.5, 0.6) is 0 Å². The highest BCUT2D eigenvalue weighted by Gasteiger charge is 2.18. The maximum absolute atomic E-state index is 12.1. The fourth-order valence-corrected chi connectivity index (χ4v) is 2.70. The maximum atomic E-state index is 12.1. The number of halogens is 1. The van der Waals surface area contributed by atoms with Crippen LogP contribution in [0.25, 0.3) is 11.5 Å². The van der Waals surface area contributed by atoms with Crippen LogP contribution in [-0.4, -0.2) is 53.9 Å². The van der Waals surface area contributed by atoms with Crippen LogP contribution in [0.3, 0.4) is 0 Å². The molecule has 0 aliphatic carbocycles. The lowest BCUT2D eigenvalue weighted by atomic mass is 10.2. The predicted octanol–water partition coefficient (Wildman–Crippen LogP) is 2.75. The van der Waals surface area contributed by atoms with Crippen LogP contribution >= 0.6 is 11.6 Å². The van der Waals surface area contributed by atoms with Crippen LogP contribution in [0.4, 0.5) is 4.79 Å². The summed E-state index contributed by atoms with van der Waals surface area (Å²) in [5, 5.41) is 7.49. The highest BCUT2D eigenvalue weighted by atomic mass is 35.5. The number of carbonyl (C=O) groups is 1. The Morgan fingerprint density at radius 2 is 2.20 bits per heavy atom. The molecular formula is C17H21ClN4O3. The van der Waals surface area contributed by atoms with Crippen LogP contribution in [0.1, 0.15) is 18.7 Å². The number of hydrogen-bond acceptors (Lipinski definition) is 5. The van der Waals surface area contributed by atoms with E-state index in [2.05, 4.69) is 15.5 Å². The molecule has 1 saturated heterocycles. The van der Waals surface area contributed by atoms with Gasteiger partial charge < -0.3 is 19.5 Å². The van der Waals surface area contributed by atoms with Gasteiger partial charge in [-0.2, -0.15) is 4.98 Å².